The second kappa shape index (κ2) is 27.1. The minimum atomic E-state index is 0.672. The molecule has 12 aromatic heterocycles. The second-order valence-corrected chi connectivity index (χ2v) is 33.2. The zero-order valence-electron chi connectivity index (χ0n) is 63.7. The molecule has 0 saturated heterocycles. The molecule has 12 heterocycles. The molecular formula is C105H60N12S3. The largest absolute Gasteiger partial charge is 0.276 e. The van der Waals surface area contributed by atoms with Crippen LogP contribution >= 0.6 is 34.0 Å². The molecule has 120 heavy (non-hydrogen) atoms. The molecule has 558 valence electrons. The molecule has 27 rings (SSSR count). The summed E-state index contributed by atoms with van der Waals surface area (Å²) in [5, 5.41) is 22.4. The molecule has 0 saturated carbocycles. The maximum atomic E-state index is 5.30. The first-order valence-electron chi connectivity index (χ1n) is 39.9. The van der Waals surface area contributed by atoms with Crippen LogP contribution in [0.25, 0.3) is 243 Å². The quantitative estimate of drug-likeness (QED) is 0.160. The van der Waals surface area contributed by atoms with Crippen LogP contribution in [0.1, 0.15) is 0 Å². The van der Waals surface area contributed by atoms with Gasteiger partial charge in [-0.15, -0.1) is 34.0 Å². The van der Waals surface area contributed by atoms with Crippen molar-refractivity contribution in [3.05, 3.63) is 364 Å². The number of benzene rings is 15. The van der Waals surface area contributed by atoms with Gasteiger partial charge >= 0.3 is 0 Å². The second-order valence-electron chi connectivity index (χ2n) is 30.1. The molecule has 0 aliphatic heterocycles. The topological polar surface area (TPSA) is 131 Å². The Morgan fingerprint density at radius 3 is 0.975 bits per heavy atom. The summed E-state index contributed by atoms with van der Waals surface area (Å²) >= 11 is 5.36. The number of rotatable bonds is 6. The van der Waals surface area contributed by atoms with Crippen molar-refractivity contribution in [1.29, 1.82) is 0 Å². The third kappa shape index (κ3) is 10.3. The van der Waals surface area contributed by atoms with Crippen LogP contribution in [-0.4, -0.2) is 58.6 Å². The Balaban J connectivity index is 0.0000000997. The minimum absolute atomic E-state index is 0.672. The molecule has 0 radical (unpaired) electrons. The standard InChI is InChI=1S/3C35H20N4S/c1-2-11-21(12-3-1)31-22-13-4-7-17-26(22)37-35(38-31)39-27-18-8-5-14-23(27)29-25-16-10-20-36-32(25)30-24-15-6-9-19-28(24)40-34(30)33(29)39;1-2-11-21(12-3-1)31-24-15-6-8-18-27(24)37-35(38-31)39-28-19-9-7-16-25(28)29-22-13-4-5-14-23(22)30-26-17-10-20-36-34(26)40-33(30)32(29)39;1-2-11-21(12-3-1)31-24-15-6-8-17-26(24)37-35(38-31)39-27-18-9-7-16-25(27)29-22-13-4-5-14-23(22)30-32-28(19-10-20-36-32)40-34(30)33(29)39/h3*1-20H. The Labute approximate surface area is 694 Å². The van der Waals surface area contributed by atoms with E-state index in [4.69, 9.17) is 44.9 Å². The number of thiophene rings is 3. The van der Waals surface area contributed by atoms with Gasteiger partial charge in [0.2, 0.25) is 17.8 Å². The molecule has 12 nitrogen and oxygen atoms in total. The maximum absolute atomic E-state index is 5.30. The van der Waals surface area contributed by atoms with Gasteiger partial charge in [0, 0.05) is 121 Å². The summed E-state index contributed by atoms with van der Waals surface area (Å²) in [7, 11) is 0. The molecule has 0 aliphatic carbocycles. The highest BCUT2D eigenvalue weighted by Crippen LogP contribution is 2.52. The van der Waals surface area contributed by atoms with Crippen LogP contribution in [0.3, 0.4) is 0 Å². The molecule has 0 fully saturated rings. The fourth-order valence-corrected chi connectivity index (χ4v) is 22.2. The fraction of sp³-hybridized carbons (Fsp3) is 0. The summed E-state index contributed by atoms with van der Waals surface area (Å²) in [6.07, 6.45) is 5.67. The van der Waals surface area contributed by atoms with Crippen LogP contribution in [-0.2, 0) is 0 Å². The molecule has 0 spiro atoms. The van der Waals surface area contributed by atoms with Crippen molar-refractivity contribution >= 4 is 225 Å². The van der Waals surface area contributed by atoms with Crippen LogP contribution in [0.4, 0.5) is 0 Å². The molecule has 15 heteroatoms. The summed E-state index contributed by atoms with van der Waals surface area (Å²) in [6.45, 7) is 0. The van der Waals surface area contributed by atoms with E-state index >= 15 is 0 Å². The van der Waals surface area contributed by atoms with Crippen molar-refractivity contribution in [2.75, 3.05) is 0 Å². The van der Waals surface area contributed by atoms with E-state index in [0.29, 0.717) is 17.8 Å². The summed E-state index contributed by atoms with van der Waals surface area (Å²) in [5.41, 5.74) is 17.5. The van der Waals surface area contributed by atoms with Gasteiger partial charge in [0.15, 0.2) is 0 Å². The van der Waals surface area contributed by atoms with E-state index in [9.17, 15) is 0 Å². The average molecular weight is 1590 g/mol. The summed E-state index contributed by atoms with van der Waals surface area (Å²) in [4.78, 5) is 47.0. The molecule has 0 bridgehead atoms. The van der Waals surface area contributed by atoms with Crippen LogP contribution in [0.15, 0.2) is 364 Å². The average Bonchev–Trinajstić information content (AvgIpc) is 1.55. The molecule has 0 atom stereocenters. The summed E-state index contributed by atoms with van der Waals surface area (Å²) in [5.74, 6) is 2.02. The first-order valence-corrected chi connectivity index (χ1v) is 42.4. The lowest BCUT2D eigenvalue weighted by molar-refractivity contribution is 1.02. The Hall–Kier alpha value is -15.4. The molecule has 15 aromatic carbocycles. The zero-order chi connectivity index (χ0) is 78.6. The lowest BCUT2D eigenvalue weighted by atomic mass is 9.99. The predicted molar refractivity (Wildman–Crippen MR) is 503 cm³/mol. The number of nitrogens with zero attached hydrogens (tertiary/aromatic N) is 12. The van der Waals surface area contributed by atoms with Gasteiger partial charge in [0.25, 0.3) is 0 Å². The minimum Gasteiger partial charge on any atom is -0.276 e. The van der Waals surface area contributed by atoms with Crippen molar-refractivity contribution in [2.24, 2.45) is 0 Å². The number of para-hydroxylation sites is 6. The SMILES string of the molecule is c1ccc(-c2nc(-n3c4ccccc4c4c5ccccc5c5c6cccnc6sc5c43)nc3ccccc23)cc1.c1ccc(-c2nc(-n3c4ccccc4c4c5ccccc5c5c6ncccc6sc5c43)nc3ccccc23)cc1.c1ccc(-c2nc(-n3c4ccccc4c4c5cccnc5c5c6ccccc6sc5c43)nc3ccccc23)cc1. The summed E-state index contributed by atoms with van der Waals surface area (Å²) in [6, 6.07) is 121. The molecule has 0 aliphatic rings. The van der Waals surface area contributed by atoms with Gasteiger partial charge in [0.1, 0.15) is 4.83 Å². The lowest BCUT2D eigenvalue weighted by Crippen LogP contribution is -2.03. The van der Waals surface area contributed by atoms with Crippen molar-refractivity contribution in [1.82, 2.24) is 58.6 Å². The highest BCUT2D eigenvalue weighted by molar-refractivity contribution is 7.27. The number of fused-ring (bicyclic) bond motifs is 33. The number of aromatic nitrogens is 12. The van der Waals surface area contributed by atoms with Gasteiger partial charge in [-0.2, -0.15) is 0 Å². The molecule has 0 unspecified atom stereocenters. The van der Waals surface area contributed by atoms with Gasteiger partial charge in [-0.25, -0.2) is 34.9 Å². The number of pyridine rings is 3. The van der Waals surface area contributed by atoms with Gasteiger partial charge in [-0.05, 0) is 94.3 Å². The first kappa shape index (κ1) is 67.9. The monoisotopic (exact) mass is 1580 g/mol. The Bertz CT molecular complexity index is 8130. The smallest absolute Gasteiger partial charge is 0.235 e. The van der Waals surface area contributed by atoms with Gasteiger partial charge < -0.3 is 0 Å². The van der Waals surface area contributed by atoms with E-state index in [1.165, 1.54) is 104 Å². The van der Waals surface area contributed by atoms with Crippen LogP contribution in [0.5, 0.6) is 0 Å². The molecule has 0 N–H and O–H groups in total. The van der Waals surface area contributed by atoms with E-state index in [-0.39, 0.29) is 0 Å². The van der Waals surface area contributed by atoms with E-state index in [2.05, 4.69) is 305 Å². The van der Waals surface area contributed by atoms with E-state index in [1.807, 2.05) is 84.5 Å². The molecular weight excluding hydrogens is 1530 g/mol. The number of hydrogen-bond acceptors (Lipinski definition) is 12. The van der Waals surface area contributed by atoms with Gasteiger partial charge in [-0.3, -0.25) is 23.7 Å². The van der Waals surface area contributed by atoms with Crippen molar-refractivity contribution in [2.45, 2.75) is 0 Å². The van der Waals surface area contributed by atoms with E-state index in [0.717, 1.165) is 121 Å². The Morgan fingerprint density at radius 1 is 0.200 bits per heavy atom. The van der Waals surface area contributed by atoms with E-state index in [1.54, 1.807) is 22.7 Å². The van der Waals surface area contributed by atoms with Crippen LogP contribution in [0.2, 0.25) is 0 Å². The zero-order valence-corrected chi connectivity index (χ0v) is 66.2. The Morgan fingerprint density at radius 2 is 0.508 bits per heavy atom. The van der Waals surface area contributed by atoms with Crippen LogP contribution in [0, 0.1) is 0 Å². The normalized spacial score (nSPS) is 12.0. The predicted octanol–water partition coefficient (Wildman–Crippen LogP) is 27.9. The summed E-state index contributed by atoms with van der Waals surface area (Å²) < 4.78 is 12.9. The number of hydrogen-bond donors (Lipinski definition) is 0. The molecule has 27 aromatic rings. The van der Waals surface area contributed by atoms with Crippen molar-refractivity contribution < 1.29 is 0 Å². The van der Waals surface area contributed by atoms with Gasteiger partial charge in [-0.1, -0.05) is 273 Å². The fourth-order valence-electron chi connectivity index (χ4n) is 18.6. The lowest BCUT2D eigenvalue weighted by Gasteiger charge is -2.12. The van der Waals surface area contributed by atoms with Gasteiger partial charge in [0.05, 0.1) is 96.6 Å². The highest BCUT2D eigenvalue weighted by atomic mass is 32.1. The highest BCUT2D eigenvalue weighted by Gasteiger charge is 2.29. The third-order valence-corrected chi connectivity index (χ3v) is 27.0. The van der Waals surface area contributed by atoms with Crippen molar-refractivity contribution in [3.8, 4) is 51.6 Å². The maximum Gasteiger partial charge on any atom is 0.235 e. The third-order valence-electron chi connectivity index (χ3n) is 23.5. The first-order chi connectivity index (χ1) is 59.6. The molecule has 0 amide bonds. The Kier molecular flexibility index (Phi) is 15.3. The van der Waals surface area contributed by atoms with E-state index < -0.39 is 0 Å². The van der Waals surface area contributed by atoms with Crippen LogP contribution < -0.4 is 0 Å². The van der Waals surface area contributed by atoms with Crippen molar-refractivity contribution in [3.63, 3.8) is 0 Å².